The van der Waals surface area contributed by atoms with Crippen LogP contribution in [0.3, 0.4) is 0 Å². The molecule has 2 unspecified atom stereocenters. The zero-order valence-electron chi connectivity index (χ0n) is 10.0. The SMILES string of the molecule is Cc1nc2cccc(C3CC(C(=O)O)CN3)c2o1. The van der Waals surface area contributed by atoms with E-state index in [9.17, 15) is 4.79 Å². The molecule has 1 aliphatic heterocycles. The van der Waals surface area contributed by atoms with Crippen molar-refractivity contribution in [3.63, 3.8) is 0 Å². The van der Waals surface area contributed by atoms with E-state index in [0.29, 0.717) is 18.9 Å². The summed E-state index contributed by atoms with van der Waals surface area (Å²) in [4.78, 5) is 15.3. The van der Waals surface area contributed by atoms with Gasteiger partial charge >= 0.3 is 5.97 Å². The van der Waals surface area contributed by atoms with E-state index < -0.39 is 5.97 Å². The van der Waals surface area contributed by atoms with Gasteiger partial charge in [0.05, 0.1) is 5.92 Å². The summed E-state index contributed by atoms with van der Waals surface area (Å²) >= 11 is 0. The second kappa shape index (κ2) is 4.10. The highest BCUT2D eigenvalue weighted by Crippen LogP contribution is 2.32. The van der Waals surface area contributed by atoms with Gasteiger partial charge in [-0.1, -0.05) is 12.1 Å². The van der Waals surface area contributed by atoms with Gasteiger partial charge in [-0.15, -0.1) is 0 Å². The van der Waals surface area contributed by atoms with Gasteiger partial charge in [0.1, 0.15) is 5.52 Å². The zero-order chi connectivity index (χ0) is 12.7. The molecule has 1 aromatic heterocycles. The molecule has 0 radical (unpaired) electrons. The van der Waals surface area contributed by atoms with Gasteiger partial charge in [-0.25, -0.2) is 4.98 Å². The predicted octanol–water partition coefficient (Wildman–Crippen LogP) is 1.87. The number of hydrogen-bond acceptors (Lipinski definition) is 4. The van der Waals surface area contributed by atoms with Crippen LogP contribution in [0.15, 0.2) is 22.6 Å². The summed E-state index contributed by atoms with van der Waals surface area (Å²) in [6.07, 6.45) is 0.591. The summed E-state index contributed by atoms with van der Waals surface area (Å²) in [6.45, 7) is 2.31. The van der Waals surface area contributed by atoms with E-state index >= 15 is 0 Å². The minimum Gasteiger partial charge on any atom is -0.481 e. The van der Waals surface area contributed by atoms with Crippen molar-refractivity contribution in [2.75, 3.05) is 6.54 Å². The molecule has 2 aromatic rings. The molecule has 1 fully saturated rings. The summed E-state index contributed by atoms with van der Waals surface area (Å²) in [5.74, 6) is -0.439. The smallest absolute Gasteiger partial charge is 0.307 e. The van der Waals surface area contributed by atoms with Crippen LogP contribution in [0.5, 0.6) is 0 Å². The fraction of sp³-hybridized carbons (Fsp3) is 0.385. The van der Waals surface area contributed by atoms with Gasteiger partial charge in [-0.2, -0.15) is 0 Å². The molecule has 5 heteroatoms. The highest BCUT2D eigenvalue weighted by atomic mass is 16.4. The number of carbonyl (C=O) groups is 1. The van der Waals surface area contributed by atoms with Crippen molar-refractivity contribution in [2.45, 2.75) is 19.4 Å². The average molecular weight is 246 g/mol. The van der Waals surface area contributed by atoms with E-state index in [2.05, 4.69) is 10.3 Å². The van der Waals surface area contributed by atoms with Crippen LogP contribution in [0.2, 0.25) is 0 Å². The van der Waals surface area contributed by atoms with Crippen LogP contribution in [-0.2, 0) is 4.79 Å². The standard InChI is InChI=1S/C13H14N2O3/c1-7-15-10-4-2-3-9(12(10)18-7)11-5-8(6-14-11)13(16)17/h2-4,8,11,14H,5-6H2,1H3,(H,16,17). The molecule has 0 saturated carbocycles. The minimum absolute atomic E-state index is 0.0298. The molecular formula is C13H14N2O3. The van der Waals surface area contributed by atoms with Gasteiger partial charge in [-0.3, -0.25) is 4.79 Å². The van der Waals surface area contributed by atoms with Crippen LogP contribution in [-0.4, -0.2) is 22.6 Å². The normalized spacial score (nSPS) is 23.6. The Hall–Kier alpha value is -1.88. The number of rotatable bonds is 2. The number of benzene rings is 1. The Morgan fingerprint density at radius 3 is 3.11 bits per heavy atom. The molecule has 0 aliphatic carbocycles. The molecule has 2 atom stereocenters. The lowest BCUT2D eigenvalue weighted by Gasteiger charge is -2.10. The van der Waals surface area contributed by atoms with Crippen LogP contribution in [0.1, 0.15) is 23.9 Å². The summed E-state index contributed by atoms with van der Waals surface area (Å²) in [6, 6.07) is 5.82. The number of aromatic nitrogens is 1. The predicted molar refractivity (Wildman–Crippen MR) is 65.2 cm³/mol. The molecule has 2 N–H and O–H groups in total. The third-order valence-electron chi connectivity index (χ3n) is 3.41. The number of nitrogens with one attached hydrogen (secondary N) is 1. The Labute approximate surface area is 104 Å². The van der Waals surface area contributed by atoms with E-state index in [0.717, 1.165) is 16.7 Å². The van der Waals surface area contributed by atoms with E-state index in [1.165, 1.54) is 0 Å². The molecular weight excluding hydrogens is 232 g/mol. The third-order valence-corrected chi connectivity index (χ3v) is 3.41. The number of oxazole rings is 1. The van der Waals surface area contributed by atoms with Gasteiger partial charge in [0.25, 0.3) is 0 Å². The van der Waals surface area contributed by atoms with Crippen LogP contribution in [0.4, 0.5) is 0 Å². The topological polar surface area (TPSA) is 75.4 Å². The first kappa shape index (κ1) is 11.2. The van der Waals surface area contributed by atoms with Gasteiger partial charge in [0, 0.05) is 25.1 Å². The monoisotopic (exact) mass is 246 g/mol. The Kier molecular flexibility index (Phi) is 2.56. The number of nitrogens with zero attached hydrogens (tertiary/aromatic N) is 1. The zero-order valence-corrected chi connectivity index (χ0v) is 10.0. The molecule has 5 nitrogen and oxygen atoms in total. The number of carboxylic acids is 1. The lowest BCUT2D eigenvalue weighted by Crippen LogP contribution is -2.17. The summed E-state index contributed by atoms with van der Waals surface area (Å²) in [7, 11) is 0. The van der Waals surface area contributed by atoms with Crippen molar-refractivity contribution in [2.24, 2.45) is 5.92 Å². The van der Waals surface area contributed by atoms with Gasteiger partial charge < -0.3 is 14.8 Å². The lowest BCUT2D eigenvalue weighted by molar-refractivity contribution is -0.141. The molecule has 0 bridgehead atoms. The molecule has 1 aromatic carbocycles. The van der Waals surface area contributed by atoms with Crippen molar-refractivity contribution in [3.8, 4) is 0 Å². The van der Waals surface area contributed by atoms with Crippen LogP contribution >= 0.6 is 0 Å². The van der Waals surface area contributed by atoms with Crippen molar-refractivity contribution in [1.29, 1.82) is 0 Å². The second-order valence-corrected chi connectivity index (χ2v) is 4.66. The number of fused-ring (bicyclic) bond motifs is 1. The molecule has 2 heterocycles. The highest BCUT2D eigenvalue weighted by molar-refractivity contribution is 5.77. The maximum Gasteiger partial charge on any atom is 0.307 e. The van der Waals surface area contributed by atoms with E-state index in [4.69, 9.17) is 9.52 Å². The average Bonchev–Trinajstić information content (AvgIpc) is 2.92. The fourth-order valence-corrected chi connectivity index (χ4v) is 2.52. The number of aliphatic carboxylic acids is 1. The minimum atomic E-state index is -0.745. The van der Waals surface area contributed by atoms with Crippen molar-refractivity contribution in [1.82, 2.24) is 10.3 Å². The molecule has 1 saturated heterocycles. The molecule has 0 spiro atoms. The van der Waals surface area contributed by atoms with Gasteiger partial charge in [0.2, 0.25) is 0 Å². The Morgan fingerprint density at radius 2 is 2.39 bits per heavy atom. The quantitative estimate of drug-likeness (QED) is 0.846. The first-order chi connectivity index (χ1) is 8.65. The summed E-state index contributed by atoms with van der Waals surface area (Å²) in [5.41, 5.74) is 2.58. The molecule has 18 heavy (non-hydrogen) atoms. The van der Waals surface area contributed by atoms with Crippen molar-refractivity contribution >= 4 is 17.1 Å². The number of aryl methyl sites for hydroxylation is 1. The molecule has 94 valence electrons. The summed E-state index contributed by atoms with van der Waals surface area (Å²) < 4.78 is 5.61. The Morgan fingerprint density at radius 1 is 1.56 bits per heavy atom. The Balaban J connectivity index is 1.98. The second-order valence-electron chi connectivity index (χ2n) is 4.66. The number of para-hydroxylation sites is 1. The molecule has 3 rings (SSSR count). The van der Waals surface area contributed by atoms with Crippen LogP contribution in [0, 0.1) is 12.8 Å². The maximum absolute atomic E-state index is 11.0. The van der Waals surface area contributed by atoms with Crippen molar-refractivity contribution in [3.05, 3.63) is 29.7 Å². The first-order valence-electron chi connectivity index (χ1n) is 5.97. The van der Waals surface area contributed by atoms with Crippen molar-refractivity contribution < 1.29 is 14.3 Å². The maximum atomic E-state index is 11.0. The van der Waals surface area contributed by atoms with E-state index in [-0.39, 0.29) is 12.0 Å². The largest absolute Gasteiger partial charge is 0.481 e. The lowest BCUT2D eigenvalue weighted by atomic mass is 9.99. The molecule has 1 aliphatic rings. The first-order valence-corrected chi connectivity index (χ1v) is 5.97. The number of hydrogen-bond donors (Lipinski definition) is 2. The van der Waals surface area contributed by atoms with E-state index in [1.807, 2.05) is 25.1 Å². The van der Waals surface area contributed by atoms with Crippen LogP contribution in [0.25, 0.3) is 11.1 Å². The van der Waals surface area contributed by atoms with Gasteiger partial charge in [-0.05, 0) is 12.5 Å². The highest BCUT2D eigenvalue weighted by Gasteiger charge is 2.31. The van der Waals surface area contributed by atoms with Crippen LogP contribution < -0.4 is 5.32 Å². The van der Waals surface area contributed by atoms with E-state index in [1.54, 1.807) is 0 Å². The Bertz CT molecular complexity index is 605. The van der Waals surface area contributed by atoms with Gasteiger partial charge in [0.15, 0.2) is 11.5 Å². The summed E-state index contributed by atoms with van der Waals surface area (Å²) in [5, 5.41) is 12.3. The fourth-order valence-electron chi connectivity index (χ4n) is 2.52. The number of carboxylic acid groups (broad SMARTS) is 1. The molecule has 0 amide bonds. The third kappa shape index (κ3) is 1.76.